The highest BCUT2D eigenvalue weighted by molar-refractivity contribution is 5.85. The van der Waals surface area contributed by atoms with Crippen LogP contribution in [0.2, 0.25) is 0 Å². The fourth-order valence-corrected chi connectivity index (χ4v) is 1.05. The highest BCUT2D eigenvalue weighted by Gasteiger charge is 2.09. The van der Waals surface area contributed by atoms with Crippen molar-refractivity contribution >= 4 is 11.9 Å². The molecule has 0 amide bonds. The second kappa shape index (κ2) is 5.11. The zero-order chi connectivity index (χ0) is 10.4. The predicted molar refractivity (Wildman–Crippen MR) is 55.8 cm³/mol. The third kappa shape index (κ3) is 2.65. The molecule has 0 bridgehead atoms. The lowest BCUT2D eigenvalue weighted by Crippen LogP contribution is -1.94. The fraction of sp³-hybridized carbons (Fsp3) is 0.300. The van der Waals surface area contributed by atoms with E-state index in [-0.39, 0.29) is 5.69 Å². The van der Waals surface area contributed by atoms with Gasteiger partial charge in [0.05, 0.1) is 10.5 Å². The third-order valence-electron chi connectivity index (χ3n) is 1.72. The molecule has 0 spiro atoms. The van der Waals surface area contributed by atoms with Gasteiger partial charge in [-0.1, -0.05) is 19.1 Å². The van der Waals surface area contributed by atoms with E-state index in [1.165, 1.54) is 6.07 Å². The molecular weight excluding hydrogens is 180 g/mol. The number of nitrogens with zero attached hydrogens (tertiary/aromatic N) is 2. The van der Waals surface area contributed by atoms with E-state index in [9.17, 15) is 10.1 Å². The maximum atomic E-state index is 10.6. The molecule has 0 aliphatic heterocycles. The van der Waals surface area contributed by atoms with Crippen molar-refractivity contribution < 1.29 is 4.92 Å². The van der Waals surface area contributed by atoms with Crippen LogP contribution in [0.4, 0.5) is 5.69 Å². The summed E-state index contributed by atoms with van der Waals surface area (Å²) in [6.45, 7) is 2.71. The Balaban J connectivity index is 2.90. The van der Waals surface area contributed by atoms with Gasteiger partial charge in [-0.3, -0.25) is 15.1 Å². The van der Waals surface area contributed by atoms with Gasteiger partial charge in [-0.15, -0.1) is 0 Å². The predicted octanol–water partition coefficient (Wildman–Crippen LogP) is 2.42. The maximum absolute atomic E-state index is 10.6. The molecule has 0 saturated heterocycles. The van der Waals surface area contributed by atoms with Crippen LogP contribution in [0.1, 0.15) is 18.9 Å². The summed E-state index contributed by atoms with van der Waals surface area (Å²) in [5, 5.41) is 10.6. The first-order valence-electron chi connectivity index (χ1n) is 4.49. The smallest absolute Gasteiger partial charge is 0.278 e. The minimum Gasteiger partial charge on any atom is -0.292 e. The number of hydrogen-bond donors (Lipinski definition) is 0. The van der Waals surface area contributed by atoms with Crippen molar-refractivity contribution in [1.29, 1.82) is 0 Å². The summed E-state index contributed by atoms with van der Waals surface area (Å²) in [6.07, 6.45) is 2.50. The van der Waals surface area contributed by atoms with Gasteiger partial charge in [0.15, 0.2) is 0 Å². The largest absolute Gasteiger partial charge is 0.292 e. The van der Waals surface area contributed by atoms with E-state index < -0.39 is 4.92 Å². The van der Waals surface area contributed by atoms with Gasteiger partial charge in [-0.2, -0.15) is 0 Å². The van der Waals surface area contributed by atoms with Gasteiger partial charge in [0.2, 0.25) is 0 Å². The Bertz CT molecular complexity index is 348. The van der Waals surface area contributed by atoms with Gasteiger partial charge >= 0.3 is 0 Å². The molecule has 4 heteroatoms. The third-order valence-corrected chi connectivity index (χ3v) is 1.72. The second-order valence-electron chi connectivity index (χ2n) is 2.85. The van der Waals surface area contributed by atoms with Crippen molar-refractivity contribution in [1.82, 2.24) is 0 Å². The van der Waals surface area contributed by atoms with E-state index in [2.05, 4.69) is 4.99 Å². The Morgan fingerprint density at radius 2 is 2.21 bits per heavy atom. The van der Waals surface area contributed by atoms with Crippen LogP contribution in [-0.2, 0) is 0 Å². The topological polar surface area (TPSA) is 55.5 Å². The zero-order valence-corrected chi connectivity index (χ0v) is 8.01. The molecule has 0 aliphatic rings. The summed E-state index contributed by atoms with van der Waals surface area (Å²) in [7, 11) is 0. The van der Waals surface area contributed by atoms with E-state index in [1.54, 1.807) is 24.4 Å². The number of aliphatic imine (C=N–C) groups is 1. The summed E-state index contributed by atoms with van der Waals surface area (Å²) in [6, 6.07) is 6.58. The standard InChI is InChI=1S/C10H12N2O2/c1-2-7-11-8-9-5-3-4-6-10(9)12(13)14/h3-6,8H,2,7H2,1H3/b11-8+. The van der Waals surface area contributed by atoms with Crippen LogP contribution >= 0.6 is 0 Å². The lowest BCUT2D eigenvalue weighted by Gasteiger charge is -1.95. The summed E-state index contributed by atoms with van der Waals surface area (Å²) < 4.78 is 0. The molecule has 14 heavy (non-hydrogen) atoms. The Morgan fingerprint density at radius 3 is 2.86 bits per heavy atom. The van der Waals surface area contributed by atoms with Crippen LogP contribution in [0.3, 0.4) is 0 Å². The molecule has 0 fully saturated rings. The Morgan fingerprint density at radius 1 is 1.50 bits per heavy atom. The molecule has 0 saturated carbocycles. The van der Waals surface area contributed by atoms with Crippen LogP contribution in [0, 0.1) is 10.1 Å². The highest BCUT2D eigenvalue weighted by Crippen LogP contribution is 2.15. The van der Waals surface area contributed by atoms with Crippen LogP contribution < -0.4 is 0 Å². The van der Waals surface area contributed by atoms with Crippen molar-refractivity contribution in [2.45, 2.75) is 13.3 Å². The van der Waals surface area contributed by atoms with Crippen molar-refractivity contribution in [3.8, 4) is 0 Å². The zero-order valence-electron chi connectivity index (χ0n) is 8.01. The highest BCUT2D eigenvalue weighted by atomic mass is 16.6. The van der Waals surface area contributed by atoms with E-state index in [4.69, 9.17) is 0 Å². The molecule has 4 nitrogen and oxygen atoms in total. The van der Waals surface area contributed by atoms with Gasteiger partial charge in [0, 0.05) is 18.8 Å². The molecule has 0 heterocycles. The van der Waals surface area contributed by atoms with Crippen molar-refractivity contribution in [2.24, 2.45) is 4.99 Å². The summed E-state index contributed by atoms with van der Waals surface area (Å²) >= 11 is 0. The normalized spacial score (nSPS) is 10.6. The lowest BCUT2D eigenvalue weighted by molar-refractivity contribution is -0.385. The molecule has 0 N–H and O–H groups in total. The molecule has 0 atom stereocenters. The monoisotopic (exact) mass is 192 g/mol. The van der Waals surface area contributed by atoms with Crippen LogP contribution in [0.25, 0.3) is 0 Å². The summed E-state index contributed by atoms with van der Waals surface area (Å²) in [4.78, 5) is 14.3. The number of benzene rings is 1. The Hall–Kier alpha value is -1.71. The molecule has 1 aromatic rings. The molecular formula is C10H12N2O2. The van der Waals surface area contributed by atoms with Gasteiger partial charge < -0.3 is 0 Å². The number of hydrogen-bond acceptors (Lipinski definition) is 3. The first-order chi connectivity index (χ1) is 6.75. The quantitative estimate of drug-likeness (QED) is 0.418. The van der Waals surface area contributed by atoms with Gasteiger partial charge in [-0.25, -0.2) is 0 Å². The molecule has 1 rings (SSSR count). The van der Waals surface area contributed by atoms with Crippen molar-refractivity contribution in [3.05, 3.63) is 39.9 Å². The maximum Gasteiger partial charge on any atom is 0.278 e. The number of nitro groups is 1. The molecule has 74 valence electrons. The fourth-order valence-electron chi connectivity index (χ4n) is 1.05. The molecule has 0 radical (unpaired) electrons. The number of nitro benzene ring substituents is 1. The van der Waals surface area contributed by atoms with Gasteiger partial charge in [-0.05, 0) is 12.5 Å². The van der Waals surface area contributed by atoms with E-state index in [0.29, 0.717) is 12.1 Å². The molecule has 0 aliphatic carbocycles. The number of para-hydroxylation sites is 1. The summed E-state index contributed by atoms with van der Waals surface area (Å²) in [5.74, 6) is 0. The lowest BCUT2D eigenvalue weighted by atomic mass is 10.2. The minimum absolute atomic E-state index is 0.104. The van der Waals surface area contributed by atoms with E-state index >= 15 is 0 Å². The molecule has 1 aromatic carbocycles. The first-order valence-corrected chi connectivity index (χ1v) is 4.49. The minimum atomic E-state index is -0.396. The second-order valence-corrected chi connectivity index (χ2v) is 2.85. The van der Waals surface area contributed by atoms with Crippen LogP contribution in [0.5, 0.6) is 0 Å². The molecule has 0 aromatic heterocycles. The van der Waals surface area contributed by atoms with Crippen molar-refractivity contribution in [2.75, 3.05) is 6.54 Å². The van der Waals surface area contributed by atoms with Crippen LogP contribution in [0.15, 0.2) is 29.3 Å². The summed E-state index contributed by atoms with van der Waals surface area (Å²) in [5.41, 5.74) is 0.665. The first kappa shape index (κ1) is 10.4. The SMILES string of the molecule is CCC/N=C/c1ccccc1[N+](=O)[O-]. The van der Waals surface area contributed by atoms with E-state index in [1.807, 2.05) is 6.92 Å². The Labute approximate surface area is 82.4 Å². The average Bonchev–Trinajstić information content (AvgIpc) is 2.19. The van der Waals surface area contributed by atoms with Crippen molar-refractivity contribution in [3.63, 3.8) is 0 Å². The van der Waals surface area contributed by atoms with Gasteiger partial charge in [0.25, 0.3) is 5.69 Å². The average molecular weight is 192 g/mol. The van der Waals surface area contributed by atoms with E-state index in [0.717, 1.165) is 6.42 Å². The van der Waals surface area contributed by atoms with Gasteiger partial charge in [0.1, 0.15) is 0 Å². The number of rotatable bonds is 4. The molecule has 0 unspecified atom stereocenters. The Kier molecular flexibility index (Phi) is 3.79. The van der Waals surface area contributed by atoms with Crippen LogP contribution in [-0.4, -0.2) is 17.7 Å².